The highest BCUT2D eigenvalue weighted by atomic mass is 32.2. The van der Waals surface area contributed by atoms with Crippen LogP contribution in [0.5, 0.6) is 0 Å². The predicted octanol–water partition coefficient (Wildman–Crippen LogP) is 1.91. The van der Waals surface area contributed by atoms with Gasteiger partial charge in [0.15, 0.2) is 0 Å². The van der Waals surface area contributed by atoms with Gasteiger partial charge in [0.2, 0.25) is 10.0 Å². The van der Waals surface area contributed by atoms with Crippen LogP contribution in [0.25, 0.3) is 5.82 Å². The molecule has 0 spiro atoms. The number of imidazole rings is 1. The summed E-state index contributed by atoms with van der Waals surface area (Å²) >= 11 is 0. The van der Waals surface area contributed by atoms with Crippen LogP contribution in [0, 0.1) is 6.92 Å². The molecule has 23 heavy (non-hydrogen) atoms. The van der Waals surface area contributed by atoms with Crippen LogP contribution in [0.4, 0.5) is 5.82 Å². The molecule has 0 saturated carbocycles. The lowest BCUT2D eigenvalue weighted by atomic mass is 10.2. The fourth-order valence-electron chi connectivity index (χ4n) is 2.16. The number of anilines is 1. The monoisotopic (exact) mass is 329 g/mol. The average molecular weight is 329 g/mol. The molecule has 3 rings (SSSR count). The third kappa shape index (κ3) is 3.92. The molecule has 0 saturated heterocycles. The van der Waals surface area contributed by atoms with Crippen LogP contribution in [-0.2, 0) is 15.8 Å². The molecule has 2 heterocycles. The zero-order chi connectivity index (χ0) is 16.3. The van der Waals surface area contributed by atoms with E-state index in [1.165, 1.54) is 6.33 Å². The smallest absolute Gasteiger partial charge is 0.238 e. The molecular weight excluding hydrogens is 314 g/mol. The highest BCUT2D eigenvalue weighted by Gasteiger charge is 2.13. The number of benzene rings is 1. The quantitative estimate of drug-likeness (QED) is 0.772. The van der Waals surface area contributed by atoms with Gasteiger partial charge in [0.25, 0.3) is 0 Å². The van der Waals surface area contributed by atoms with Gasteiger partial charge >= 0.3 is 0 Å². The van der Waals surface area contributed by atoms with Gasteiger partial charge in [-0.15, -0.1) is 0 Å². The third-order valence-electron chi connectivity index (χ3n) is 3.12. The van der Waals surface area contributed by atoms with E-state index in [-0.39, 0.29) is 11.6 Å². The number of aromatic nitrogens is 4. The SMILES string of the molecule is Cc1cccc(CS(=O)(=O)Nc2cc(-n3ccnc3)ncn2)c1. The van der Waals surface area contributed by atoms with E-state index in [2.05, 4.69) is 19.7 Å². The summed E-state index contributed by atoms with van der Waals surface area (Å²) in [5.74, 6) is 0.640. The van der Waals surface area contributed by atoms with Gasteiger partial charge in [0.05, 0.1) is 5.75 Å². The summed E-state index contributed by atoms with van der Waals surface area (Å²) in [7, 11) is -3.56. The number of hydrogen-bond donors (Lipinski definition) is 1. The molecule has 8 heteroatoms. The van der Waals surface area contributed by atoms with Crippen molar-refractivity contribution in [1.29, 1.82) is 0 Å². The number of hydrogen-bond acceptors (Lipinski definition) is 5. The second kappa shape index (κ2) is 6.17. The topological polar surface area (TPSA) is 89.8 Å². The van der Waals surface area contributed by atoms with Gasteiger partial charge in [-0.2, -0.15) is 0 Å². The van der Waals surface area contributed by atoms with Crippen molar-refractivity contribution < 1.29 is 8.42 Å². The lowest BCUT2D eigenvalue weighted by Crippen LogP contribution is -2.16. The van der Waals surface area contributed by atoms with Crippen LogP contribution in [0.15, 0.2) is 55.4 Å². The largest absolute Gasteiger partial charge is 0.290 e. The summed E-state index contributed by atoms with van der Waals surface area (Å²) in [6, 6.07) is 8.93. The van der Waals surface area contributed by atoms with Crippen molar-refractivity contribution in [1.82, 2.24) is 19.5 Å². The summed E-state index contributed by atoms with van der Waals surface area (Å²) in [5, 5.41) is 0. The van der Waals surface area contributed by atoms with E-state index < -0.39 is 10.0 Å². The minimum absolute atomic E-state index is 0.112. The summed E-state index contributed by atoms with van der Waals surface area (Å²) in [6.45, 7) is 1.92. The molecule has 0 aliphatic carbocycles. The minimum atomic E-state index is -3.56. The van der Waals surface area contributed by atoms with E-state index in [0.29, 0.717) is 5.82 Å². The molecule has 0 fully saturated rings. The molecule has 1 aromatic carbocycles. The van der Waals surface area contributed by atoms with E-state index in [1.807, 2.05) is 25.1 Å². The Hall–Kier alpha value is -2.74. The van der Waals surface area contributed by atoms with Gasteiger partial charge < -0.3 is 0 Å². The van der Waals surface area contributed by atoms with Crippen molar-refractivity contribution in [3.05, 3.63) is 66.5 Å². The second-order valence-corrected chi connectivity index (χ2v) is 6.80. The molecule has 7 nitrogen and oxygen atoms in total. The van der Waals surface area contributed by atoms with Gasteiger partial charge in [-0.25, -0.2) is 23.4 Å². The fourth-order valence-corrected chi connectivity index (χ4v) is 3.28. The Balaban J connectivity index is 1.79. The van der Waals surface area contributed by atoms with E-state index in [0.717, 1.165) is 11.1 Å². The Labute approximate surface area is 134 Å². The van der Waals surface area contributed by atoms with Crippen molar-refractivity contribution >= 4 is 15.8 Å². The minimum Gasteiger partial charge on any atom is -0.290 e. The molecular formula is C15H15N5O2S. The summed E-state index contributed by atoms with van der Waals surface area (Å²) in [4.78, 5) is 12.0. The Morgan fingerprint density at radius 1 is 1.22 bits per heavy atom. The maximum absolute atomic E-state index is 12.3. The van der Waals surface area contributed by atoms with Crippen molar-refractivity contribution in [2.45, 2.75) is 12.7 Å². The van der Waals surface area contributed by atoms with Crippen LogP contribution < -0.4 is 4.72 Å². The Morgan fingerprint density at radius 3 is 2.83 bits per heavy atom. The van der Waals surface area contributed by atoms with Crippen molar-refractivity contribution in [2.75, 3.05) is 4.72 Å². The number of aryl methyl sites for hydroxylation is 1. The molecule has 0 amide bonds. The predicted molar refractivity (Wildman–Crippen MR) is 86.6 cm³/mol. The first-order valence-electron chi connectivity index (χ1n) is 6.88. The maximum atomic E-state index is 12.3. The Kier molecular flexibility index (Phi) is 4.07. The summed E-state index contributed by atoms with van der Waals surface area (Å²) < 4.78 is 28.7. The van der Waals surface area contributed by atoms with Crippen molar-refractivity contribution in [3.63, 3.8) is 0 Å². The van der Waals surface area contributed by atoms with Crippen LogP contribution in [0.3, 0.4) is 0 Å². The van der Waals surface area contributed by atoms with Crippen molar-refractivity contribution in [2.24, 2.45) is 0 Å². The normalized spacial score (nSPS) is 11.3. The van der Waals surface area contributed by atoms with Gasteiger partial charge in [-0.3, -0.25) is 9.29 Å². The zero-order valence-corrected chi connectivity index (χ0v) is 13.2. The molecule has 0 bridgehead atoms. The maximum Gasteiger partial charge on any atom is 0.238 e. The number of nitrogens with zero attached hydrogens (tertiary/aromatic N) is 4. The van der Waals surface area contributed by atoms with E-state index in [9.17, 15) is 8.42 Å². The first-order valence-corrected chi connectivity index (χ1v) is 8.53. The first-order chi connectivity index (χ1) is 11.0. The average Bonchev–Trinajstić information content (AvgIpc) is 3.00. The van der Waals surface area contributed by atoms with Gasteiger partial charge in [-0.1, -0.05) is 29.8 Å². The molecule has 2 aromatic heterocycles. The molecule has 118 valence electrons. The zero-order valence-electron chi connectivity index (χ0n) is 12.4. The van der Waals surface area contributed by atoms with Crippen LogP contribution in [0.1, 0.15) is 11.1 Å². The fraction of sp³-hybridized carbons (Fsp3) is 0.133. The van der Waals surface area contributed by atoms with Gasteiger partial charge in [0, 0.05) is 18.5 Å². The van der Waals surface area contributed by atoms with E-state index in [1.54, 1.807) is 35.4 Å². The number of sulfonamides is 1. The first kappa shape index (κ1) is 15.2. The van der Waals surface area contributed by atoms with Gasteiger partial charge in [0.1, 0.15) is 24.3 Å². The standard InChI is InChI=1S/C15H15N5O2S/c1-12-3-2-4-13(7-12)9-23(21,22)19-14-8-15(18-10-17-14)20-6-5-16-11-20/h2-8,10-11H,9H2,1H3,(H,17,18,19). The van der Waals surface area contributed by atoms with E-state index in [4.69, 9.17) is 0 Å². The lowest BCUT2D eigenvalue weighted by molar-refractivity contribution is 0.600. The number of nitrogens with one attached hydrogen (secondary N) is 1. The molecule has 3 aromatic rings. The summed E-state index contributed by atoms with van der Waals surface area (Å²) in [5.41, 5.74) is 1.74. The lowest BCUT2D eigenvalue weighted by Gasteiger charge is -2.09. The highest BCUT2D eigenvalue weighted by molar-refractivity contribution is 7.91. The third-order valence-corrected chi connectivity index (χ3v) is 4.35. The number of rotatable bonds is 5. The van der Waals surface area contributed by atoms with Crippen LogP contribution in [0.2, 0.25) is 0 Å². The summed E-state index contributed by atoms with van der Waals surface area (Å²) in [6.07, 6.45) is 6.21. The van der Waals surface area contributed by atoms with E-state index >= 15 is 0 Å². The molecule has 0 unspecified atom stereocenters. The van der Waals surface area contributed by atoms with Crippen LogP contribution in [-0.4, -0.2) is 27.9 Å². The van der Waals surface area contributed by atoms with Gasteiger partial charge in [-0.05, 0) is 12.5 Å². The molecule has 1 N–H and O–H groups in total. The molecule has 0 aliphatic heterocycles. The second-order valence-electron chi connectivity index (χ2n) is 5.08. The Bertz CT molecular complexity index is 907. The van der Waals surface area contributed by atoms with Crippen LogP contribution >= 0.6 is 0 Å². The van der Waals surface area contributed by atoms with Crippen molar-refractivity contribution in [3.8, 4) is 5.82 Å². The molecule has 0 aliphatic rings. The molecule has 0 radical (unpaired) electrons. The highest BCUT2D eigenvalue weighted by Crippen LogP contribution is 2.13. The Morgan fingerprint density at radius 2 is 2.09 bits per heavy atom. The molecule has 0 atom stereocenters.